The van der Waals surface area contributed by atoms with Gasteiger partial charge >= 0.3 is 5.97 Å². The van der Waals surface area contributed by atoms with Gasteiger partial charge in [-0.3, -0.25) is 9.59 Å². The van der Waals surface area contributed by atoms with Crippen molar-refractivity contribution < 1.29 is 14.7 Å². The molecule has 0 aromatic heterocycles. The van der Waals surface area contributed by atoms with Crippen LogP contribution in [0.4, 0.5) is 0 Å². The molecule has 0 atom stereocenters. The Morgan fingerprint density at radius 2 is 1.14 bits per heavy atom. The van der Waals surface area contributed by atoms with E-state index in [-0.39, 0.29) is 10.9 Å². The van der Waals surface area contributed by atoms with Gasteiger partial charge in [0.2, 0.25) is 0 Å². The highest BCUT2D eigenvalue weighted by molar-refractivity contribution is 8.14. The molecule has 22 heavy (non-hydrogen) atoms. The number of carbonyl (C=O) groups excluding carboxylic acids is 1. The monoisotopic (exact) mass is 330 g/mol. The van der Waals surface area contributed by atoms with E-state index < -0.39 is 5.97 Å². The summed E-state index contributed by atoms with van der Waals surface area (Å²) in [6, 6.07) is 0. The van der Waals surface area contributed by atoms with Crippen LogP contribution in [0, 0.1) is 0 Å². The first-order valence-electron chi connectivity index (χ1n) is 9.04. The van der Waals surface area contributed by atoms with Gasteiger partial charge in [-0.15, -0.1) is 0 Å². The molecule has 0 bridgehead atoms. The van der Waals surface area contributed by atoms with E-state index in [1.165, 1.54) is 70.6 Å². The van der Waals surface area contributed by atoms with Crippen molar-refractivity contribution in [2.24, 2.45) is 0 Å². The van der Waals surface area contributed by atoms with Gasteiger partial charge < -0.3 is 5.11 Å². The summed E-state index contributed by atoms with van der Waals surface area (Å²) in [5.74, 6) is -1.01. The zero-order valence-corrected chi connectivity index (χ0v) is 15.1. The standard InChI is InChI=1S/C18H34O3S/c1-2-3-4-5-6-7-8-9-10-11-12-13-14-15-18(21)22-16-17(19)20/h2-16H2,1H3,(H,19,20). The summed E-state index contributed by atoms with van der Waals surface area (Å²) in [5.41, 5.74) is 0. The fourth-order valence-corrected chi connectivity index (χ4v) is 3.07. The third-order valence-electron chi connectivity index (χ3n) is 3.84. The second-order valence-electron chi connectivity index (χ2n) is 6.05. The fraction of sp³-hybridized carbons (Fsp3) is 0.889. The highest BCUT2D eigenvalue weighted by Crippen LogP contribution is 2.14. The SMILES string of the molecule is CCCCCCCCCCCCCCCC(=O)SCC(=O)O. The van der Waals surface area contributed by atoms with Crippen LogP contribution in [0.2, 0.25) is 0 Å². The lowest BCUT2D eigenvalue weighted by molar-refractivity contribution is -0.134. The van der Waals surface area contributed by atoms with Crippen LogP contribution < -0.4 is 0 Å². The quantitative estimate of drug-likeness (QED) is 0.363. The maximum atomic E-state index is 11.3. The van der Waals surface area contributed by atoms with Gasteiger partial charge in [0.25, 0.3) is 0 Å². The van der Waals surface area contributed by atoms with E-state index in [0.29, 0.717) is 6.42 Å². The second kappa shape index (κ2) is 16.9. The second-order valence-corrected chi connectivity index (χ2v) is 7.08. The van der Waals surface area contributed by atoms with Gasteiger partial charge in [-0.1, -0.05) is 95.7 Å². The fourth-order valence-electron chi connectivity index (χ4n) is 2.50. The van der Waals surface area contributed by atoms with Crippen molar-refractivity contribution >= 4 is 22.8 Å². The summed E-state index contributed by atoms with van der Waals surface area (Å²) in [7, 11) is 0. The van der Waals surface area contributed by atoms with Gasteiger partial charge in [0.15, 0.2) is 5.12 Å². The first kappa shape index (κ1) is 21.5. The Labute approximate surface area is 140 Å². The number of aliphatic carboxylic acids is 1. The van der Waals surface area contributed by atoms with Crippen molar-refractivity contribution in [2.45, 2.75) is 96.8 Å². The number of carboxylic acid groups (broad SMARTS) is 1. The molecule has 3 nitrogen and oxygen atoms in total. The van der Waals surface area contributed by atoms with Gasteiger partial charge in [-0.25, -0.2) is 0 Å². The van der Waals surface area contributed by atoms with Crippen LogP contribution in [0.3, 0.4) is 0 Å². The topological polar surface area (TPSA) is 54.4 Å². The first-order valence-corrected chi connectivity index (χ1v) is 10.0. The largest absolute Gasteiger partial charge is 0.481 e. The van der Waals surface area contributed by atoms with Gasteiger partial charge in [0, 0.05) is 6.42 Å². The van der Waals surface area contributed by atoms with Crippen LogP contribution in [-0.4, -0.2) is 21.9 Å². The molecular formula is C18H34O3S. The molecule has 0 aliphatic heterocycles. The Bertz CT molecular complexity index is 280. The lowest BCUT2D eigenvalue weighted by Gasteiger charge is -2.03. The molecular weight excluding hydrogens is 296 g/mol. The van der Waals surface area contributed by atoms with Crippen LogP contribution in [0.15, 0.2) is 0 Å². The van der Waals surface area contributed by atoms with E-state index in [1.54, 1.807) is 0 Å². The Hall–Kier alpha value is -0.510. The molecule has 0 fully saturated rings. The molecule has 0 unspecified atom stereocenters. The predicted octanol–water partition coefficient (Wildman–Crippen LogP) is 5.81. The number of thioether (sulfide) groups is 1. The van der Waals surface area contributed by atoms with Gasteiger partial charge in [-0.2, -0.15) is 0 Å². The molecule has 4 heteroatoms. The molecule has 0 spiro atoms. The summed E-state index contributed by atoms with van der Waals surface area (Å²) >= 11 is 0.930. The van der Waals surface area contributed by atoms with Crippen molar-refractivity contribution in [1.29, 1.82) is 0 Å². The van der Waals surface area contributed by atoms with E-state index in [2.05, 4.69) is 6.92 Å². The van der Waals surface area contributed by atoms with Crippen LogP contribution in [0.25, 0.3) is 0 Å². The number of unbranched alkanes of at least 4 members (excludes halogenated alkanes) is 12. The molecule has 130 valence electrons. The number of rotatable bonds is 16. The smallest absolute Gasteiger partial charge is 0.313 e. The third kappa shape index (κ3) is 17.5. The van der Waals surface area contributed by atoms with Gasteiger partial charge in [0.05, 0.1) is 5.75 Å². The van der Waals surface area contributed by atoms with Crippen molar-refractivity contribution in [1.82, 2.24) is 0 Å². The third-order valence-corrected chi connectivity index (χ3v) is 4.76. The van der Waals surface area contributed by atoms with Crippen LogP contribution in [-0.2, 0) is 9.59 Å². The van der Waals surface area contributed by atoms with Crippen molar-refractivity contribution in [3.8, 4) is 0 Å². The van der Waals surface area contributed by atoms with Gasteiger partial charge in [-0.05, 0) is 6.42 Å². The number of hydrogen-bond donors (Lipinski definition) is 1. The van der Waals surface area contributed by atoms with Crippen molar-refractivity contribution in [2.75, 3.05) is 5.75 Å². The zero-order valence-electron chi connectivity index (χ0n) is 14.3. The molecule has 0 amide bonds. The van der Waals surface area contributed by atoms with Crippen molar-refractivity contribution in [3.63, 3.8) is 0 Å². The number of carbonyl (C=O) groups is 2. The molecule has 0 heterocycles. The number of carboxylic acids is 1. The Morgan fingerprint density at radius 1 is 0.727 bits per heavy atom. The maximum Gasteiger partial charge on any atom is 0.313 e. The lowest BCUT2D eigenvalue weighted by Crippen LogP contribution is -2.02. The number of hydrogen-bond acceptors (Lipinski definition) is 3. The molecule has 0 rings (SSSR count). The average Bonchev–Trinajstić information content (AvgIpc) is 2.49. The Kier molecular flexibility index (Phi) is 16.5. The molecule has 0 saturated carbocycles. The van der Waals surface area contributed by atoms with E-state index in [9.17, 15) is 9.59 Å². The Morgan fingerprint density at radius 3 is 1.55 bits per heavy atom. The summed E-state index contributed by atoms with van der Waals surface area (Å²) in [4.78, 5) is 21.7. The van der Waals surface area contributed by atoms with Gasteiger partial charge in [0.1, 0.15) is 0 Å². The predicted molar refractivity (Wildman–Crippen MR) is 95.4 cm³/mol. The van der Waals surface area contributed by atoms with Crippen LogP contribution in [0.5, 0.6) is 0 Å². The average molecular weight is 331 g/mol. The summed E-state index contributed by atoms with van der Waals surface area (Å²) in [5, 5.41) is 8.49. The summed E-state index contributed by atoms with van der Waals surface area (Å²) in [6.45, 7) is 2.25. The highest BCUT2D eigenvalue weighted by Gasteiger charge is 2.05. The summed E-state index contributed by atoms with van der Waals surface area (Å²) in [6.07, 6.45) is 17.3. The molecule has 1 N–H and O–H groups in total. The normalized spacial score (nSPS) is 10.8. The minimum atomic E-state index is -0.913. The minimum Gasteiger partial charge on any atom is -0.481 e. The molecule has 0 aromatic rings. The highest BCUT2D eigenvalue weighted by atomic mass is 32.2. The molecule has 0 aliphatic rings. The lowest BCUT2D eigenvalue weighted by atomic mass is 10.0. The molecule has 0 aliphatic carbocycles. The molecule has 0 radical (unpaired) electrons. The van der Waals surface area contributed by atoms with E-state index in [0.717, 1.165) is 24.6 Å². The van der Waals surface area contributed by atoms with Crippen LogP contribution >= 0.6 is 11.8 Å². The minimum absolute atomic E-state index is 0.0190. The first-order chi connectivity index (χ1) is 10.7. The maximum absolute atomic E-state index is 11.3. The molecule has 0 saturated heterocycles. The van der Waals surface area contributed by atoms with Crippen molar-refractivity contribution in [3.05, 3.63) is 0 Å². The molecule has 0 aromatic carbocycles. The van der Waals surface area contributed by atoms with E-state index in [4.69, 9.17) is 5.11 Å². The van der Waals surface area contributed by atoms with Crippen LogP contribution in [0.1, 0.15) is 96.8 Å². The summed E-state index contributed by atoms with van der Waals surface area (Å²) < 4.78 is 0. The van der Waals surface area contributed by atoms with E-state index >= 15 is 0 Å². The van der Waals surface area contributed by atoms with E-state index in [1.807, 2.05) is 0 Å². The zero-order chi connectivity index (χ0) is 16.5. The Balaban J connectivity index is 3.11.